The zero-order valence-corrected chi connectivity index (χ0v) is 10.7. The second-order valence-corrected chi connectivity index (χ2v) is 4.27. The van der Waals surface area contributed by atoms with Crippen molar-refractivity contribution in [3.63, 3.8) is 0 Å². The number of carbonyl (C=O) groups excluding carboxylic acids is 1. The van der Waals surface area contributed by atoms with Crippen LogP contribution in [-0.4, -0.2) is 6.29 Å². The van der Waals surface area contributed by atoms with Gasteiger partial charge in [-0.1, -0.05) is 29.8 Å². The quantitative estimate of drug-likeness (QED) is 0.798. The van der Waals surface area contributed by atoms with Crippen molar-refractivity contribution >= 4 is 17.9 Å². The van der Waals surface area contributed by atoms with E-state index in [1.807, 2.05) is 12.1 Å². The number of hydrogen-bond acceptors (Lipinski definition) is 3. The van der Waals surface area contributed by atoms with Crippen LogP contribution in [0.4, 0.5) is 0 Å². The Balaban J connectivity index is 2.15. The second-order valence-electron chi connectivity index (χ2n) is 3.87. The summed E-state index contributed by atoms with van der Waals surface area (Å²) in [6.45, 7) is 0.254. The van der Waals surface area contributed by atoms with Crippen LogP contribution in [0.25, 0.3) is 0 Å². The van der Waals surface area contributed by atoms with Gasteiger partial charge in [0.05, 0.1) is 16.7 Å². The van der Waals surface area contributed by atoms with Crippen LogP contribution in [0.2, 0.25) is 5.02 Å². The van der Waals surface area contributed by atoms with Gasteiger partial charge >= 0.3 is 0 Å². The van der Waals surface area contributed by atoms with E-state index in [0.29, 0.717) is 21.9 Å². The predicted molar refractivity (Wildman–Crippen MR) is 72.3 cm³/mol. The van der Waals surface area contributed by atoms with E-state index < -0.39 is 0 Å². The fourth-order valence-electron chi connectivity index (χ4n) is 1.62. The molecule has 0 amide bonds. The van der Waals surface area contributed by atoms with E-state index in [4.69, 9.17) is 21.6 Å². The van der Waals surface area contributed by atoms with Crippen LogP contribution in [0.5, 0.6) is 5.75 Å². The van der Waals surface area contributed by atoms with Gasteiger partial charge in [0.2, 0.25) is 0 Å². The van der Waals surface area contributed by atoms with Crippen LogP contribution in [0.1, 0.15) is 21.5 Å². The van der Waals surface area contributed by atoms with Crippen molar-refractivity contribution in [2.24, 2.45) is 0 Å². The molecule has 0 heterocycles. The van der Waals surface area contributed by atoms with E-state index in [9.17, 15) is 4.79 Å². The lowest BCUT2D eigenvalue weighted by Crippen LogP contribution is -1.98. The van der Waals surface area contributed by atoms with Gasteiger partial charge in [-0.2, -0.15) is 5.26 Å². The topological polar surface area (TPSA) is 50.1 Å². The molecule has 19 heavy (non-hydrogen) atoms. The Hall–Kier alpha value is -2.31. The maximum absolute atomic E-state index is 10.6. The van der Waals surface area contributed by atoms with Crippen molar-refractivity contribution in [2.75, 3.05) is 0 Å². The molecule has 2 aromatic carbocycles. The number of nitriles is 1. The van der Waals surface area contributed by atoms with Crippen LogP contribution < -0.4 is 4.74 Å². The molecule has 3 nitrogen and oxygen atoms in total. The molecule has 2 aromatic rings. The molecule has 0 saturated carbocycles. The fraction of sp³-hybridized carbons (Fsp3) is 0.0667. The fourth-order valence-corrected chi connectivity index (χ4v) is 1.86. The molecule has 0 N–H and O–H groups in total. The van der Waals surface area contributed by atoms with E-state index in [1.165, 1.54) is 0 Å². The van der Waals surface area contributed by atoms with Crippen LogP contribution in [0.15, 0.2) is 42.5 Å². The van der Waals surface area contributed by atoms with Gasteiger partial charge in [-0.25, -0.2) is 0 Å². The number of aldehydes is 1. The number of nitrogens with zero attached hydrogens (tertiary/aromatic N) is 1. The minimum atomic E-state index is 0.254. The first-order valence-electron chi connectivity index (χ1n) is 5.60. The van der Waals surface area contributed by atoms with Crippen molar-refractivity contribution in [3.8, 4) is 11.8 Å². The van der Waals surface area contributed by atoms with Crippen molar-refractivity contribution in [1.82, 2.24) is 0 Å². The lowest BCUT2D eigenvalue weighted by Gasteiger charge is -2.09. The zero-order chi connectivity index (χ0) is 13.7. The van der Waals surface area contributed by atoms with E-state index in [-0.39, 0.29) is 6.61 Å². The summed E-state index contributed by atoms with van der Waals surface area (Å²) >= 11 is 6.00. The van der Waals surface area contributed by atoms with Gasteiger partial charge in [-0.15, -0.1) is 0 Å². The Morgan fingerprint density at radius 2 is 2.05 bits per heavy atom. The van der Waals surface area contributed by atoms with Crippen LogP contribution in [-0.2, 0) is 6.61 Å². The van der Waals surface area contributed by atoms with Gasteiger partial charge in [-0.3, -0.25) is 4.79 Å². The van der Waals surface area contributed by atoms with Gasteiger partial charge in [-0.05, 0) is 24.3 Å². The largest absolute Gasteiger partial charge is 0.487 e. The first-order valence-corrected chi connectivity index (χ1v) is 5.98. The molecular weight excluding hydrogens is 262 g/mol. The summed E-state index contributed by atoms with van der Waals surface area (Å²) in [7, 11) is 0. The minimum Gasteiger partial charge on any atom is -0.487 e. The zero-order valence-electron chi connectivity index (χ0n) is 9.97. The minimum absolute atomic E-state index is 0.254. The highest BCUT2D eigenvalue weighted by Gasteiger charge is 2.05. The number of halogens is 1. The number of carbonyl (C=O) groups is 1. The Kier molecular flexibility index (Phi) is 4.17. The van der Waals surface area contributed by atoms with Crippen LogP contribution in [0.3, 0.4) is 0 Å². The summed E-state index contributed by atoms with van der Waals surface area (Å²) in [5, 5.41) is 9.34. The molecule has 0 aliphatic heterocycles. The molecule has 0 aliphatic carbocycles. The summed E-state index contributed by atoms with van der Waals surface area (Å²) in [6.07, 6.45) is 0.723. The van der Waals surface area contributed by atoms with E-state index in [1.54, 1.807) is 30.3 Å². The van der Waals surface area contributed by atoms with Crippen molar-refractivity contribution in [2.45, 2.75) is 6.61 Å². The first-order chi connectivity index (χ1) is 9.24. The molecule has 94 valence electrons. The molecule has 0 aromatic heterocycles. The Bertz CT molecular complexity index is 647. The van der Waals surface area contributed by atoms with Gasteiger partial charge in [0.15, 0.2) is 0 Å². The average Bonchev–Trinajstić information content (AvgIpc) is 2.46. The predicted octanol–water partition coefficient (Wildman–Crippen LogP) is 3.60. The monoisotopic (exact) mass is 271 g/mol. The maximum atomic E-state index is 10.6. The highest BCUT2D eigenvalue weighted by Crippen LogP contribution is 2.26. The number of benzene rings is 2. The molecular formula is C15H10ClNO2. The van der Waals surface area contributed by atoms with Gasteiger partial charge in [0, 0.05) is 11.1 Å². The third-order valence-electron chi connectivity index (χ3n) is 2.61. The summed E-state index contributed by atoms with van der Waals surface area (Å²) in [5.74, 6) is 0.486. The normalized spacial score (nSPS) is 9.68. The van der Waals surface area contributed by atoms with Gasteiger partial charge in [0.1, 0.15) is 18.6 Å². The maximum Gasteiger partial charge on any atom is 0.150 e. The molecule has 0 saturated heterocycles. The molecule has 2 rings (SSSR count). The highest BCUT2D eigenvalue weighted by molar-refractivity contribution is 6.32. The lowest BCUT2D eigenvalue weighted by molar-refractivity contribution is 0.112. The summed E-state index contributed by atoms with van der Waals surface area (Å²) in [4.78, 5) is 10.6. The summed E-state index contributed by atoms with van der Waals surface area (Å²) in [6, 6.07) is 14.1. The number of rotatable bonds is 4. The SMILES string of the molecule is N#Cc1ccccc1COc1ccc(C=O)cc1Cl. The van der Waals surface area contributed by atoms with Crippen LogP contribution >= 0.6 is 11.6 Å². The molecule has 4 heteroatoms. The average molecular weight is 272 g/mol. The van der Waals surface area contributed by atoms with Crippen molar-refractivity contribution in [3.05, 3.63) is 64.2 Å². The van der Waals surface area contributed by atoms with Gasteiger partial charge < -0.3 is 4.74 Å². The smallest absolute Gasteiger partial charge is 0.150 e. The van der Waals surface area contributed by atoms with Crippen molar-refractivity contribution in [1.29, 1.82) is 5.26 Å². The third kappa shape index (κ3) is 3.12. The molecule has 0 bridgehead atoms. The van der Waals surface area contributed by atoms with Gasteiger partial charge in [0.25, 0.3) is 0 Å². The Morgan fingerprint density at radius 1 is 1.26 bits per heavy atom. The number of hydrogen-bond donors (Lipinski definition) is 0. The lowest BCUT2D eigenvalue weighted by atomic mass is 10.1. The molecule has 0 fully saturated rings. The summed E-state index contributed by atoms with van der Waals surface area (Å²) < 4.78 is 5.57. The standard InChI is InChI=1S/C15H10ClNO2/c16-14-7-11(9-18)5-6-15(14)19-10-13-4-2-1-3-12(13)8-17/h1-7,9H,10H2. The van der Waals surface area contributed by atoms with Crippen molar-refractivity contribution < 1.29 is 9.53 Å². The Morgan fingerprint density at radius 3 is 2.74 bits per heavy atom. The second kappa shape index (κ2) is 6.03. The third-order valence-corrected chi connectivity index (χ3v) is 2.91. The first kappa shape index (κ1) is 13.1. The molecule has 0 unspecified atom stereocenters. The molecule has 0 aliphatic rings. The Labute approximate surface area is 116 Å². The van der Waals surface area contributed by atoms with Crippen LogP contribution in [0, 0.1) is 11.3 Å². The number of ether oxygens (including phenoxy) is 1. The summed E-state index contributed by atoms with van der Waals surface area (Å²) in [5.41, 5.74) is 1.86. The van der Waals surface area contributed by atoms with E-state index in [0.717, 1.165) is 11.8 Å². The highest BCUT2D eigenvalue weighted by atomic mass is 35.5. The van der Waals surface area contributed by atoms with E-state index in [2.05, 4.69) is 6.07 Å². The van der Waals surface area contributed by atoms with E-state index >= 15 is 0 Å². The molecule has 0 spiro atoms. The molecule has 0 atom stereocenters. The molecule has 0 radical (unpaired) electrons.